The van der Waals surface area contributed by atoms with Crippen LogP contribution in [-0.4, -0.2) is 43.0 Å². The molecule has 2 amide bonds. The molecule has 0 saturated heterocycles. The van der Waals surface area contributed by atoms with Crippen LogP contribution in [0.5, 0.6) is 5.75 Å². The zero-order valence-corrected chi connectivity index (χ0v) is 17.5. The lowest BCUT2D eigenvalue weighted by Gasteiger charge is -2.13. The summed E-state index contributed by atoms with van der Waals surface area (Å²) in [6, 6.07) is 12.0. The van der Waals surface area contributed by atoms with Gasteiger partial charge in [-0.15, -0.1) is 0 Å². The Morgan fingerprint density at radius 1 is 1.12 bits per heavy atom. The first-order valence-corrected chi connectivity index (χ1v) is 9.08. The lowest BCUT2D eigenvalue weighted by atomic mass is 10.2. The van der Waals surface area contributed by atoms with E-state index >= 15 is 0 Å². The zero-order chi connectivity index (χ0) is 19.3. The van der Waals surface area contributed by atoms with Crippen LogP contribution in [0.25, 0.3) is 0 Å². The Balaban J connectivity index is 2.04. The van der Waals surface area contributed by atoms with Gasteiger partial charge in [0.15, 0.2) is 5.11 Å². The van der Waals surface area contributed by atoms with Gasteiger partial charge in [0.05, 0.1) is 10.7 Å². The molecule has 2 rings (SSSR count). The van der Waals surface area contributed by atoms with E-state index in [4.69, 9.17) is 17.0 Å². The number of thiocarbonyl (C=S) groups is 1. The van der Waals surface area contributed by atoms with Crippen LogP contribution in [-0.2, 0) is 0 Å². The third-order valence-corrected chi connectivity index (χ3v) is 4.46. The monoisotopic (exact) mass is 483 g/mol. The second kappa shape index (κ2) is 8.95. The fourth-order valence-electron chi connectivity index (χ4n) is 2.13. The molecule has 2 N–H and O–H groups in total. The number of anilines is 1. The normalized spacial score (nSPS) is 10.0. The summed E-state index contributed by atoms with van der Waals surface area (Å²) in [6.07, 6.45) is 0. The third kappa shape index (κ3) is 5.15. The maximum Gasteiger partial charge on any atom is 0.257 e. The standard InChI is InChI=1S/C18H18IN3O3S/c1-22(2)17(24)12-5-4-6-13(9-12)20-18(26)21-16(23)11-7-8-15(25-3)14(19)10-11/h4-10H,1-3H3,(H2,20,21,23,26). The predicted molar refractivity (Wildman–Crippen MR) is 114 cm³/mol. The van der Waals surface area contributed by atoms with E-state index in [1.807, 2.05) is 0 Å². The van der Waals surface area contributed by atoms with Crippen LogP contribution in [0.4, 0.5) is 5.69 Å². The molecule has 0 bridgehead atoms. The van der Waals surface area contributed by atoms with Crippen molar-refractivity contribution in [1.29, 1.82) is 0 Å². The topological polar surface area (TPSA) is 70.7 Å². The molecular weight excluding hydrogens is 465 g/mol. The Morgan fingerprint density at radius 3 is 2.46 bits per heavy atom. The van der Waals surface area contributed by atoms with Gasteiger partial charge in [0.2, 0.25) is 0 Å². The summed E-state index contributed by atoms with van der Waals surface area (Å²) < 4.78 is 6.00. The van der Waals surface area contributed by atoms with Crippen LogP contribution >= 0.6 is 34.8 Å². The third-order valence-electron chi connectivity index (χ3n) is 3.41. The second-order valence-electron chi connectivity index (χ2n) is 5.54. The van der Waals surface area contributed by atoms with Crippen molar-refractivity contribution in [2.24, 2.45) is 0 Å². The highest BCUT2D eigenvalue weighted by Gasteiger charge is 2.12. The van der Waals surface area contributed by atoms with Gasteiger partial charge in [0, 0.05) is 30.9 Å². The zero-order valence-electron chi connectivity index (χ0n) is 14.5. The molecule has 2 aromatic rings. The lowest BCUT2D eigenvalue weighted by molar-refractivity contribution is 0.0827. The summed E-state index contributed by atoms with van der Waals surface area (Å²) in [7, 11) is 4.94. The molecule has 2 aromatic carbocycles. The number of benzene rings is 2. The van der Waals surface area contributed by atoms with Gasteiger partial charge in [0.1, 0.15) is 5.75 Å². The fraction of sp³-hybridized carbons (Fsp3) is 0.167. The highest BCUT2D eigenvalue weighted by molar-refractivity contribution is 14.1. The Labute approximate surface area is 171 Å². The number of halogens is 1. The summed E-state index contributed by atoms with van der Waals surface area (Å²) in [4.78, 5) is 25.8. The highest BCUT2D eigenvalue weighted by atomic mass is 127. The first kappa shape index (κ1) is 20.1. The maximum atomic E-state index is 12.3. The van der Waals surface area contributed by atoms with Crippen molar-refractivity contribution in [3.8, 4) is 5.75 Å². The van der Waals surface area contributed by atoms with Crippen LogP contribution in [0.2, 0.25) is 0 Å². The smallest absolute Gasteiger partial charge is 0.257 e. The number of methoxy groups -OCH3 is 1. The Morgan fingerprint density at radius 2 is 1.85 bits per heavy atom. The van der Waals surface area contributed by atoms with Crippen LogP contribution < -0.4 is 15.4 Å². The number of hydrogen-bond acceptors (Lipinski definition) is 4. The lowest BCUT2D eigenvalue weighted by Crippen LogP contribution is -2.34. The molecule has 0 aromatic heterocycles. The number of carbonyl (C=O) groups excluding carboxylic acids is 2. The van der Waals surface area contributed by atoms with Gasteiger partial charge in [0.25, 0.3) is 11.8 Å². The number of ether oxygens (including phenoxy) is 1. The van der Waals surface area contributed by atoms with Crippen molar-refractivity contribution in [3.05, 3.63) is 57.2 Å². The number of carbonyl (C=O) groups is 2. The molecule has 26 heavy (non-hydrogen) atoms. The first-order valence-electron chi connectivity index (χ1n) is 7.59. The van der Waals surface area contributed by atoms with E-state index in [1.165, 1.54) is 4.90 Å². The van der Waals surface area contributed by atoms with Crippen LogP contribution in [0.3, 0.4) is 0 Å². The largest absolute Gasteiger partial charge is 0.496 e. The van der Waals surface area contributed by atoms with Crippen molar-refractivity contribution in [2.45, 2.75) is 0 Å². The Bertz CT molecular complexity index is 855. The van der Waals surface area contributed by atoms with Crippen molar-refractivity contribution in [1.82, 2.24) is 10.2 Å². The van der Waals surface area contributed by atoms with E-state index < -0.39 is 0 Å². The maximum absolute atomic E-state index is 12.3. The molecule has 0 fully saturated rings. The van der Waals surface area contributed by atoms with Crippen molar-refractivity contribution in [3.63, 3.8) is 0 Å². The van der Waals surface area contributed by atoms with Gasteiger partial charge in [-0.05, 0) is 71.2 Å². The molecule has 8 heteroatoms. The molecule has 0 aliphatic rings. The highest BCUT2D eigenvalue weighted by Crippen LogP contribution is 2.21. The van der Waals surface area contributed by atoms with Gasteiger partial charge < -0.3 is 15.0 Å². The summed E-state index contributed by atoms with van der Waals surface area (Å²) in [5, 5.41) is 5.69. The molecule has 0 atom stereocenters. The van der Waals surface area contributed by atoms with Crippen LogP contribution in [0.15, 0.2) is 42.5 Å². The van der Waals surface area contributed by atoms with E-state index in [0.29, 0.717) is 22.6 Å². The summed E-state index contributed by atoms with van der Waals surface area (Å²) >= 11 is 7.29. The second-order valence-corrected chi connectivity index (χ2v) is 7.11. The molecule has 0 aliphatic carbocycles. The molecule has 0 spiro atoms. The predicted octanol–water partition coefficient (Wildman–Crippen LogP) is 3.13. The summed E-state index contributed by atoms with van der Waals surface area (Å²) in [5.41, 5.74) is 1.61. The SMILES string of the molecule is COc1ccc(C(=O)NC(=S)Nc2cccc(C(=O)N(C)C)c2)cc1I. The van der Waals surface area contributed by atoms with Gasteiger partial charge >= 0.3 is 0 Å². The number of nitrogens with one attached hydrogen (secondary N) is 2. The average Bonchev–Trinajstić information content (AvgIpc) is 2.60. The Kier molecular flexibility index (Phi) is 6.92. The van der Waals surface area contributed by atoms with E-state index in [-0.39, 0.29) is 16.9 Å². The number of nitrogens with zero attached hydrogens (tertiary/aromatic N) is 1. The summed E-state index contributed by atoms with van der Waals surface area (Å²) in [5.74, 6) is 0.255. The van der Waals surface area contributed by atoms with Crippen molar-refractivity contribution in [2.75, 3.05) is 26.5 Å². The molecule has 0 unspecified atom stereocenters. The van der Waals surface area contributed by atoms with E-state index in [9.17, 15) is 9.59 Å². The molecule has 0 aliphatic heterocycles. The molecule has 0 saturated carbocycles. The quantitative estimate of drug-likeness (QED) is 0.517. The number of amides is 2. The first-order chi connectivity index (χ1) is 12.3. The number of rotatable bonds is 4. The number of hydrogen-bond donors (Lipinski definition) is 2. The minimum absolute atomic E-state index is 0.114. The van der Waals surface area contributed by atoms with E-state index in [1.54, 1.807) is 63.7 Å². The summed E-state index contributed by atoms with van der Waals surface area (Å²) in [6.45, 7) is 0. The molecule has 136 valence electrons. The Hall–Kier alpha value is -2.20. The van der Waals surface area contributed by atoms with Gasteiger partial charge in [-0.2, -0.15) is 0 Å². The molecule has 0 radical (unpaired) electrons. The van der Waals surface area contributed by atoms with Gasteiger partial charge in [-0.25, -0.2) is 0 Å². The van der Waals surface area contributed by atoms with Crippen molar-refractivity contribution >= 4 is 57.4 Å². The van der Waals surface area contributed by atoms with Gasteiger partial charge in [-0.1, -0.05) is 6.07 Å². The minimum atomic E-state index is -0.330. The average molecular weight is 483 g/mol. The molecule has 0 heterocycles. The van der Waals surface area contributed by atoms with E-state index in [2.05, 4.69) is 33.2 Å². The van der Waals surface area contributed by atoms with Crippen molar-refractivity contribution < 1.29 is 14.3 Å². The van der Waals surface area contributed by atoms with Gasteiger partial charge in [-0.3, -0.25) is 14.9 Å². The molecular formula is C18H18IN3O3S. The van der Waals surface area contributed by atoms with Crippen LogP contribution in [0.1, 0.15) is 20.7 Å². The van der Waals surface area contributed by atoms with Crippen LogP contribution in [0, 0.1) is 3.57 Å². The fourth-order valence-corrected chi connectivity index (χ4v) is 3.08. The van der Waals surface area contributed by atoms with E-state index in [0.717, 1.165) is 3.57 Å². The molecule has 6 nitrogen and oxygen atoms in total. The minimum Gasteiger partial charge on any atom is -0.496 e.